The average Bonchev–Trinajstić information content (AvgIpc) is 2.13. The van der Waals surface area contributed by atoms with Gasteiger partial charge in [0, 0.05) is 25.6 Å². The van der Waals surface area contributed by atoms with Crippen LogP contribution in [-0.2, 0) is 4.79 Å². The molecule has 0 spiro atoms. The second kappa shape index (κ2) is 7.46. The zero-order valence-corrected chi connectivity index (χ0v) is 10.3. The van der Waals surface area contributed by atoms with Gasteiger partial charge in [0.05, 0.1) is 0 Å². The third-order valence-electron chi connectivity index (χ3n) is 2.25. The van der Waals surface area contributed by atoms with Gasteiger partial charge in [-0.05, 0) is 33.6 Å². The molecule has 0 aromatic heterocycles. The van der Waals surface area contributed by atoms with Crippen LogP contribution >= 0.6 is 0 Å². The second-order valence-corrected chi connectivity index (χ2v) is 4.23. The van der Waals surface area contributed by atoms with Gasteiger partial charge < -0.3 is 10.6 Å². The van der Waals surface area contributed by atoms with Gasteiger partial charge >= 0.3 is 0 Å². The predicted octanol–water partition coefficient (Wildman–Crippen LogP) is 1.93. The second-order valence-electron chi connectivity index (χ2n) is 4.23. The quantitative estimate of drug-likeness (QED) is 0.655. The van der Waals surface area contributed by atoms with Crippen LogP contribution in [-0.4, -0.2) is 29.9 Å². The summed E-state index contributed by atoms with van der Waals surface area (Å²) >= 11 is 0. The Balaban J connectivity index is 3.88. The van der Waals surface area contributed by atoms with Crippen molar-refractivity contribution in [1.82, 2.24) is 4.90 Å². The van der Waals surface area contributed by atoms with Crippen LogP contribution in [0, 0.1) is 0 Å². The van der Waals surface area contributed by atoms with Crippen molar-refractivity contribution in [3.63, 3.8) is 0 Å². The maximum Gasteiger partial charge on any atom is 0.222 e. The van der Waals surface area contributed by atoms with Gasteiger partial charge in [-0.25, -0.2) is 0 Å². The molecule has 0 aromatic rings. The monoisotopic (exact) mass is 212 g/mol. The van der Waals surface area contributed by atoms with E-state index in [0.717, 1.165) is 25.0 Å². The zero-order chi connectivity index (χ0) is 11.8. The van der Waals surface area contributed by atoms with E-state index >= 15 is 0 Å². The first kappa shape index (κ1) is 14.2. The summed E-state index contributed by atoms with van der Waals surface area (Å²) in [6, 6.07) is 0.189. The molecule has 1 amide bonds. The number of likely N-dealkylation sites (N-methyl/N-ethyl adjacent to an activating group) is 1. The van der Waals surface area contributed by atoms with E-state index in [4.69, 9.17) is 5.73 Å². The maximum absolute atomic E-state index is 11.7. The van der Waals surface area contributed by atoms with Crippen LogP contribution in [0.4, 0.5) is 0 Å². The fraction of sp³-hybridized carbons (Fsp3) is 0.750. The van der Waals surface area contributed by atoms with Crippen LogP contribution in [0.2, 0.25) is 0 Å². The topological polar surface area (TPSA) is 46.3 Å². The Morgan fingerprint density at radius 2 is 2.13 bits per heavy atom. The molecule has 88 valence electrons. The van der Waals surface area contributed by atoms with E-state index in [1.807, 2.05) is 25.7 Å². The molecule has 0 aromatic carbocycles. The SMILES string of the molecule is C=C(C)CN(CC)C(=O)CCCC(C)N. The molecule has 0 saturated heterocycles. The van der Waals surface area contributed by atoms with Gasteiger partial charge in [-0.15, -0.1) is 0 Å². The van der Waals surface area contributed by atoms with Crippen LogP contribution < -0.4 is 5.73 Å². The summed E-state index contributed by atoms with van der Waals surface area (Å²) in [6.45, 7) is 11.2. The lowest BCUT2D eigenvalue weighted by atomic mass is 10.1. The summed E-state index contributed by atoms with van der Waals surface area (Å²) in [5, 5.41) is 0. The highest BCUT2D eigenvalue weighted by atomic mass is 16.2. The Bertz CT molecular complexity index is 212. The van der Waals surface area contributed by atoms with Gasteiger partial charge in [0.25, 0.3) is 0 Å². The van der Waals surface area contributed by atoms with Crippen molar-refractivity contribution >= 4 is 5.91 Å². The molecule has 15 heavy (non-hydrogen) atoms. The third kappa shape index (κ3) is 7.14. The lowest BCUT2D eigenvalue weighted by Crippen LogP contribution is -2.32. The van der Waals surface area contributed by atoms with Gasteiger partial charge in [-0.1, -0.05) is 12.2 Å². The van der Waals surface area contributed by atoms with Gasteiger partial charge in [-0.3, -0.25) is 4.79 Å². The number of rotatable bonds is 7. The smallest absolute Gasteiger partial charge is 0.222 e. The first-order valence-corrected chi connectivity index (χ1v) is 5.65. The normalized spacial score (nSPS) is 12.3. The molecule has 0 aliphatic rings. The molecule has 0 heterocycles. The summed E-state index contributed by atoms with van der Waals surface area (Å²) in [5.74, 6) is 0.209. The third-order valence-corrected chi connectivity index (χ3v) is 2.25. The fourth-order valence-electron chi connectivity index (χ4n) is 1.44. The lowest BCUT2D eigenvalue weighted by Gasteiger charge is -2.21. The molecule has 3 heteroatoms. The van der Waals surface area contributed by atoms with Crippen molar-refractivity contribution in [2.75, 3.05) is 13.1 Å². The average molecular weight is 212 g/mol. The number of carbonyl (C=O) groups is 1. The lowest BCUT2D eigenvalue weighted by molar-refractivity contribution is -0.130. The maximum atomic E-state index is 11.7. The molecular weight excluding hydrogens is 188 g/mol. The number of hydrogen-bond donors (Lipinski definition) is 1. The van der Waals surface area contributed by atoms with Crippen molar-refractivity contribution in [3.05, 3.63) is 12.2 Å². The summed E-state index contributed by atoms with van der Waals surface area (Å²) in [4.78, 5) is 13.6. The van der Waals surface area contributed by atoms with Crippen LogP contribution in [0.25, 0.3) is 0 Å². The largest absolute Gasteiger partial charge is 0.339 e. The van der Waals surface area contributed by atoms with E-state index in [1.165, 1.54) is 0 Å². The summed E-state index contributed by atoms with van der Waals surface area (Å²) in [6.07, 6.45) is 2.39. The molecule has 0 fully saturated rings. The molecule has 3 nitrogen and oxygen atoms in total. The summed E-state index contributed by atoms with van der Waals surface area (Å²) in [5.41, 5.74) is 6.65. The van der Waals surface area contributed by atoms with E-state index in [2.05, 4.69) is 6.58 Å². The van der Waals surface area contributed by atoms with E-state index < -0.39 is 0 Å². The van der Waals surface area contributed by atoms with Crippen LogP contribution in [0.1, 0.15) is 40.0 Å². The zero-order valence-electron chi connectivity index (χ0n) is 10.3. The van der Waals surface area contributed by atoms with Crippen molar-refractivity contribution in [1.29, 1.82) is 0 Å². The van der Waals surface area contributed by atoms with Gasteiger partial charge in [0.1, 0.15) is 0 Å². The fourth-order valence-corrected chi connectivity index (χ4v) is 1.44. The molecule has 2 N–H and O–H groups in total. The molecule has 1 unspecified atom stereocenters. The minimum absolute atomic E-state index is 0.189. The Kier molecular flexibility index (Phi) is 7.05. The summed E-state index contributed by atoms with van der Waals surface area (Å²) in [7, 11) is 0. The number of amides is 1. The van der Waals surface area contributed by atoms with Gasteiger partial charge in [0.2, 0.25) is 5.91 Å². The standard InChI is InChI=1S/C12H24N2O/c1-5-14(9-10(2)3)12(15)8-6-7-11(4)13/h11H,2,5-9,13H2,1,3-4H3. The first-order chi connectivity index (χ1) is 6.97. The van der Waals surface area contributed by atoms with Crippen LogP contribution in [0.5, 0.6) is 0 Å². The van der Waals surface area contributed by atoms with Crippen molar-refractivity contribution < 1.29 is 4.79 Å². The molecule has 0 radical (unpaired) electrons. The van der Waals surface area contributed by atoms with Crippen LogP contribution in [0.3, 0.4) is 0 Å². The van der Waals surface area contributed by atoms with Crippen LogP contribution in [0.15, 0.2) is 12.2 Å². The van der Waals surface area contributed by atoms with E-state index in [-0.39, 0.29) is 11.9 Å². The Morgan fingerprint density at radius 3 is 2.53 bits per heavy atom. The van der Waals surface area contributed by atoms with Gasteiger partial charge in [-0.2, -0.15) is 0 Å². The van der Waals surface area contributed by atoms with E-state index in [9.17, 15) is 4.79 Å². The van der Waals surface area contributed by atoms with Crippen molar-refractivity contribution in [3.8, 4) is 0 Å². The van der Waals surface area contributed by atoms with Gasteiger partial charge in [0.15, 0.2) is 0 Å². The minimum atomic E-state index is 0.189. The Hall–Kier alpha value is -0.830. The highest BCUT2D eigenvalue weighted by Gasteiger charge is 2.10. The number of carbonyl (C=O) groups excluding carboxylic acids is 1. The number of hydrogen-bond acceptors (Lipinski definition) is 2. The molecule has 0 aliphatic heterocycles. The molecule has 0 rings (SSSR count). The molecular formula is C12H24N2O. The Morgan fingerprint density at radius 1 is 1.53 bits per heavy atom. The molecule has 0 bridgehead atoms. The van der Waals surface area contributed by atoms with Crippen molar-refractivity contribution in [2.45, 2.75) is 46.1 Å². The highest BCUT2D eigenvalue weighted by Crippen LogP contribution is 2.04. The predicted molar refractivity (Wildman–Crippen MR) is 64.6 cm³/mol. The molecule has 0 saturated carbocycles. The van der Waals surface area contributed by atoms with E-state index in [0.29, 0.717) is 13.0 Å². The first-order valence-electron chi connectivity index (χ1n) is 5.65. The highest BCUT2D eigenvalue weighted by molar-refractivity contribution is 5.76. The number of nitrogens with two attached hydrogens (primary N) is 1. The molecule has 1 atom stereocenters. The number of nitrogens with zero attached hydrogens (tertiary/aromatic N) is 1. The minimum Gasteiger partial charge on any atom is -0.339 e. The van der Waals surface area contributed by atoms with Crippen molar-refractivity contribution in [2.24, 2.45) is 5.73 Å². The summed E-state index contributed by atoms with van der Waals surface area (Å²) < 4.78 is 0. The Labute approximate surface area is 93.3 Å². The van der Waals surface area contributed by atoms with E-state index in [1.54, 1.807) is 0 Å². The molecule has 0 aliphatic carbocycles.